The minimum absolute atomic E-state index is 0.0207. The van der Waals surface area contributed by atoms with Gasteiger partial charge in [0, 0.05) is 6.54 Å². The lowest BCUT2D eigenvalue weighted by molar-refractivity contribution is -0.126. The fourth-order valence-corrected chi connectivity index (χ4v) is 4.23. The van der Waals surface area contributed by atoms with Crippen molar-refractivity contribution in [2.24, 2.45) is 5.92 Å². The molecular weight excluding hydrogens is 306 g/mol. The highest BCUT2D eigenvalue weighted by atomic mass is 32.2. The van der Waals surface area contributed by atoms with E-state index in [0.717, 1.165) is 11.3 Å². The minimum atomic E-state index is -2.90. The van der Waals surface area contributed by atoms with Crippen LogP contribution in [-0.4, -0.2) is 46.1 Å². The third-order valence-electron chi connectivity index (χ3n) is 3.55. The van der Waals surface area contributed by atoms with Crippen LogP contribution in [0.2, 0.25) is 0 Å². The van der Waals surface area contributed by atoms with Crippen LogP contribution in [-0.2, 0) is 26.0 Å². The minimum Gasteiger partial charge on any atom is -0.497 e. The van der Waals surface area contributed by atoms with Crippen molar-refractivity contribution in [1.29, 1.82) is 0 Å². The van der Waals surface area contributed by atoms with Crippen LogP contribution >= 0.6 is 0 Å². The summed E-state index contributed by atoms with van der Waals surface area (Å²) in [5.74, 6) is 0.921. The molecule has 1 aromatic rings. The van der Waals surface area contributed by atoms with Crippen molar-refractivity contribution in [3.8, 4) is 5.75 Å². The Balaban J connectivity index is 1.65. The van der Waals surface area contributed by atoms with E-state index >= 15 is 0 Å². The number of rotatable bonds is 7. The number of sulfone groups is 1. The van der Waals surface area contributed by atoms with Gasteiger partial charge in [0.2, 0.25) is 5.91 Å². The molecule has 1 aromatic carbocycles. The summed E-state index contributed by atoms with van der Waals surface area (Å²) < 4.78 is 33.1. The molecule has 0 bridgehead atoms. The summed E-state index contributed by atoms with van der Waals surface area (Å²) in [7, 11) is -1.30. The molecule has 2 rings (SSSR count). The number of nitrogens with one attached hydrogen (secondary N) is 1. The Labute approximate surface area is 130 Å². The molecule has 1 aliphatic rings. The van der Waals surface area contributed by atoms with Crippen molar-refractivity contribution in [2.45, 2.75) is 13.0 Å². The number of hydrogen-bond donors (Lipinski definition) is 1. The zero-order valence-corrected chi connectivity index (χ0v) is 13.4. The highest BCUT2D eigenvalue weighted by Crippen LogP contribution is 2.17. The third kappa shape index (κ3) is 5.31. The van der Waals surface area contributed by atoms with Gasteiger partial charge in [-0.15, -0.1) is 0 Å². The van der Waals surface area contributed by atoms with Crippen molar-refractivity contribution in [1.82, 2.24) is 5.32 Å². The molecule has 0 radical (unpaired) electrons. The molecule has 0 aromatic heterocycles. The van der Waals surface area contributed by atoms with Gasteiger partial charge in [-0.3, -0.25) is 4.79 Å². The summed E-state index contributed by atoms with van der Waals surface area (Å²) >= 11 is 0. The molecule has 0 spiro atoms. The summed E-state index contributed by atoms with van der Waals surface area (Å²) in [5, 5.41) is 2.72. The van der Waals surface area contributed by atoms with Gasteiger partial charge in [0.05, 0.1) is 25.2 Å². The van der Waals surface area contributed by atoms with Gasteiger partial charge in [0.15, 0.2) is 9.84 Å². The van der Waals surface area contributed by atoms with Crippen LogP contribution < -0.4 is 10.1 Å². The van der Waals surface area contributed by atoms with Gasteiger partial charge in [0.1, 0.15) is 12.4 Å². The van der Waals surface area contributed by atoms with Crippen LogP contribution in [0.3, 0.4) is 0 Å². The van der Waals surface area contributed by atoms with Crippen molar-refractivity contribution < 1.29 is 22.7 Å². The van der Waals surface area contributed by atoms with Gasteiger partial charge in [0.25, 0.3) is 0 Å². The molecule has 7 heteroatoms. The summed E-state index contributed by atoms with van der Waals surface area (Å²) in [6, 6.07) is 7.44. The SMILES string of the molecule is COc1cccc(COCC(=O)NC[C@@H]2CCS(=O)(=O)C2)c1. The molecule has 1 amide bonds. The molecule has 1 fully saturated rings. The smallest absolute Gasteiger partial charge is 0.246 e. The monoisotopic (exact) mass is 327 g/mol. The van der Waals surface area contributed by atoms with Crippen molar-refractivity contribution in [3.05, 3.63) is 29.8 Å². The fourth-order valence-electron chi connectivity index (χ4n) is 2.37. The van der Waals surface area contributed by atoms with Gasteiger partial charge in [-0.1, -0.05) is 12.1 Å². The van der Waals surface area contributed by atoms with E-state index in [1.54, 1.807) is 7.11 Å². The molecule has 22 heavy (non-hydrogen) atoms. The first-order valence-corrected chi connectivity index (χ1v) is 8.98. The molecular formula is C15H21NO5S. The lowest BCUT2D eigenvalue weighted by Crippen LogP contribution is -2.32. The van der Waals surface area contributed by atoms with Gasteiger partial charge >= 0.3 is 0 Å². The molecule has 0 saturated carbocycles. The maximum Gasteiger partial charge on any atom is 0.246 e. The zero-order valence-electron chi connectivity index (χ0n) is 12.6. The van der Waals surface area contributed by atoms with E-state index in [-0.39, 0.29) is 29.9 Å². The van der Waals surface area contributed by atoms with E-state index in [1.165, 1.54) is 0 Å². The standard InChI is InChI=1S/C15H21NO5S/c1-20-14-4-2-3-12(7-14)9-21-10-15(17)16-8-13-5-6-22(18,19)11-13/h2-4,7,13H,5-6,8-11H2,1H3,(H,16,17)/t13-/m0/s1. The summed E-state index contributed by atoms with van der Waals surface area (Å²) in [4.78, 5) is 11.7. The average Bonchev–Trinajstić information content (AvgIpc) is 2.85. The Bertz CT molecular complexity index is 614. The number of benzene rings is 1. The van der Waals surface area contributed by atoms with E-state index in [2.05, 4.69) is 5.32 Å². The Kier molecular flexibility index (Phi) is 5.79. The summed E-state index contributed by atoms with van der Waals surface area (Å²) in [6.45, 7) is 0.666. The summed E-state index contributed by atoms with van der Waals surface area (Å²) in [5.41, 5.74) is 0.925. The zero-order chi connectivity index (χ0) is 16.0. The lowest BCUT2D eigenvalue weighted by atomic mass is 10.1. The normalized spacial score (nSPS) is 19.8. The van der Waals surface area contributed by atoms with Gasteiger partial charge in [-0.2, -0.15) is 0 Å². The van der Waals surface area contributed by atoms with E-state index in [4.69, 9.17) is 9.47 Å². The molecule has 122 valence electrons. The number of carbonyl (C=O) groups excluding carboxylic acids is 1. The maximum atomic E-state index is 11.7. The predicted octanol–water partition coefficient (Wildman–Crippen LogP) is 0.763. The quantitative estimate of drug-likeness (QED) is 0.800. The fraction of sp³-hybridized carbons (Fsp3) is 0.533. The number of methoxy groups -OCH3 is 1. The van der Waals surface area contributed by atoms with Gasteiger partial charge < -0.3 is 14.8 Å². The maximum absolute atomic E-state index is 11.7. The van der Waals surface area contributed by atoms with Crippen LogP contribution in [0.1, 0.15) is 12.0 Å². The molecule has 1 N–H and O–H groups in total. The molecule has 0 unspecified atom stereocenters. The number of carbonyl (C=O) groups is 1. The molecule has 1 atom stereocenters. The van der Waals surface area contributed by atoms with Crippen LogP contribution in [0.5, 0.6) is 5.75 Å². The van der Waals surface area contributed by atoms with E-state index in [9.17, 15) is 13.2 Å². The van der Waals surface area contributed by atoms with Gasteiger partial charge in [-0.05, 0) is 30.0 Å². The average molecular weight is 327 g/mol. The summed E-state index contributed by atoms with van der Waals surface area (Å²) in [6.07, 6.45) is 0.618. The first-order valence-electron chi connectivity index (χ1n) is 7.16. The van der Waals surface area contributed by atoms with Crippen LogP contribution in [0, 0.1) is 5.92 Å². The number of amides is 1. The molecule has 1 heterocycles. The van der Waals surface area contributed by atoms with E-state index < -0.39 is 9.84 Å². The first-order chi connectivity index (χ1) is 10.5. The largest absolute Gasteiger partial charge is 0.497 e. The van der Waals surface area contributed by atoms with E-state index in [0.29, 0.717) is 19.6 Å². The Morgan fingerprint density at radius 3 is 2.91 bits per heavy atom. The van der Waals surface area contributed by atoms with Crippen LogP contribution in [0.15, 0.2) is 24.3 Å². The Hall–Kier alpha value is -1.60. The van der Waals surface area contributed by atoms with Crippen molar-refractivity contribution in [3.63, 3.8) is 0 Å². The van der Waals surface area contributed by atoms with Crippen molar-refractivity contribution in [2.75, 3.05) is 31.8 Å². The topological polar surface area (TPSA) is 81.7 Å². The van der Waals surface area contributed by atoms with Crippen LogP contribution in [0.4, 0.5) is 0 Å². The molecule has 1 saturated heterocycles. The highest BCUT2D eigenvalue weighted by molar-refractivity contribution is 7.91. The number of hydrogen-bond acceptors (Lipinski definition) is 5. The lowest BCUT2D eigenvalue weighted by Gasteiger charge is -2.10. The highest BCUT2D eigenvalue weighted by Gasteiger charge is 2.27. The van der Waals surface area contributed by atoms with Crippen LogP contribution in [0.25, 0.3) is 0 Å². The third-order valence-corrected chi connectivity index (χ3v) is 5.39. The van der Waals surface area contributed by atoms with Gasteiger partial charge in [-0.25, -0.2) is 8.42 Å². The predicted molar refractivity (Wildman–Crippen MR) is 82.4 cm³/mol. The molecule has 0 aliphatic carbocycles. The molecule has 1 aliphatic heterocycles. The second kappa shape index (κ2) is 7.60. The van der Waals surface area contributed by atoms with E-state index in [1.807, 2.05) is 24.3 Å². The second-order valence-corrected chi connectivity index (χ2v) is 7.65. The Morgan fingerprint density at radius 1 is 1.41 bits per heavy atom. The second-order valence-electron chi connectivity index (χ2n) is 5.42. The Morgan fingerprint density at radius 2 is 2.23 bits per heavy atom. The first kappa shape index (κ1) is 16.8. The molecule has 6 nitrogen and oxygen atoms in total. The van der Waals surface area contributed by atoms with Crippen molar-refractivity contribution >= 4 is 15.7 Å². The number of ether oxygens (including phenoxy) is 2.